The first kappa shape index (κ1) is 23.2. The Balaban J connectivity index is 1.68. The van der Waals surface area contributed by atoms with Crippen molar-refractivity contribution in [2.75, 3.05) is 18.4 Å². The van der Waals surface area contributed by atoms with Crippen LogP contribution in [-0.2, 0) is 19.6 Å². The lowest BCUT2D eigenvalue weighted by atomic mass is 10.2. The molecule has 0 radical (unpaired) electrons. The molecule has 1 aliphatic rings. The van der Waals surface area contributed by atoms with Gasteiger partial charge in [-0.25, -0.2) is 17.6 Å². The summed E-state index contributed by atoms with van der Waals surface area (Å²) in [6.07, 6.45) is 1.38. The monoisotopic (exact) mass is 468 g/mol. The summed E-state index contributed by atoms with van der Waals surface area (Å²) in [6, 6.07) is 9.00. The first-order chi connectivity index (χ1) is 14.7. The summed E-state index contributed by atoms with van der Waals surface area (Å²) in [5, 5.41) is 2.46. The van der Waals surface area contributed by atoms with Gasteiger partial charge < -0.3 is 10.1 Å². The lowest BCUT2D eigenvalue weighted by Crippen LogP contribution is -2.35. The van der Waals surface area contributed by atoms with Crippen molar-refractivity contribution in [3.63, 3.8) is 0 Å². The number of carbonyl (C=O) groups is 2. The number of anilines is 1. The maximum Gasteiger partial charge on any atom is 0.338 e. The van der Waals surface area contributed by atoms with Gasteiger partial charge in [-0.05, 0) is 56.2 Å². The van der Waals surface area contributed by atoms with Crippen LogP contribution in [0.1, 0.15) is 36.5 Å². The zero-order valence-corrected chi connectivity index (χ0v) is 18.4. The van der Waals surface area contributed by atoms with Gasteiger partial charge in [-0.2, -0.15) is 4.31 Å². The minimum absolute atomic E-state index is 0.000881. The first-order valence-corrected chi connectivity index (χ1v) is 11.6. The Morgan fingerprint density at radius 3 is 2.52 bits per heavy atom. The standard InChI is InChI=1S/C21H22ClFN2O5S/c1-14(20(26)24-19-9-8-16(23)13-18(19)22)30-21(27)15-6-5-7-17(12-15)31(28,29)25-10-3-2-4-11-25/h5-9,12-14H,2-4,10-11H2,1H3,(H,24,26)/t14-/m0/s1. The summed E-state index contributed by atoms with van der Waals surface area (Å²) in [5.74, 6) is -2.07. The number of benzene rings is 2. The van der Waals surface area contributed by atoms with Crippen LogP contribution in [0, 0.1) is 5.82 Å². The van der Waals surface area contributed by atoms with E-state index in [0.29, 0.717) is 13.1 Å². The highest BCUT2D eigenvalue weighted by Gasteiger charge is 2.27. The normalized spacial score (nSPS) is 15.8. The molecule has 31 heavy (non-hydrogen) atoms. The molecule has 1 N–H and O–H groups in total. The van der Waals surface area contributed by atoms with Crippen LogP contribution in [0.25, 0.3) is 0 Å². The molecule has 3 rings (SSSR count). The molecule has 0 saturated carbocycles. The van der Waals surface area contributed by atoms with Crippen LogP contribution in [0.3, 0.4) is 0 Å². The maximum atomic E-state index is 13.1. The molecular weight excluding hydrogens is 447 g/mol. The number of amides is 1. The van der Waals surface area contributed by atoms with Gasteiger partial charge in [0.05, 0.1) is 21.2 Å². The van der Waals surface area contributed by atoms with Crippen LogP contribution in [0.4, 0.5) is 10.1 Å². The number of sulfonamides is 1. The predicted molar refractivity (Wildman–Crippen MR) is 114 cm³/mol. The van der Waals surface area contributed by atoms with Gasteiger partial charge in [0.1, 0.15) is 5.82 Å². The van der Waals surface area contributed by atoms with Crippen molar-refractivity contribution in [1.29, 1.82) is 0 Å². The highest BCUT2D eigenvalue weighted by Crippen LogP contribution is 2.24. The third kappa shape index (κ3) is 5.61. The van der Waals surface area contributed by atoms with Crippen LogP contribution in [-0.4, -0.2) is 43.8 Å². The maximum absolute atomic E-state index is 13.1. The summed E-state index contributed by atoms with van der Waals surface area (Å²) in [4.78, 5) is 24.8. The molecule has 2 aromatic rings. The Labute approximate surface area is 185 Å². The van der Waals surface area contributed by atoms with Gasteiger partial charge in [-0.1, -0.05) is 24.1 Å². The molecule has 1 amide bonds. The molecule has 166 valence electrons. The van der Waals surface area contributed by atoms with Crippen LogP contribution in [0.5, 0.6) is 0 Å². The molecule has 7 nitrogen and oxygen atoms in total. The number of nitrogens with one attached hydrogen (secondary N) is 1. The second kappa shape index (κ2) is 9.76. The number of rotatable bonds is 6. The van der Waals surface area contributed by atoms with Crippen LogP contribution in [0.15, 0.2) is 47.4 Å². The Hall–Kier alpha value is -2.49. The minimum Gasteiger partial charge on any atom is -0.449 e. The largest absolute Gasteiger partial charge is 0.449 e. The summed E-state index contributed by atoms with van der Waals surface area (Å²) >= 11 is 5.88. The first-order valence-electron chi connectivity index (χ1n) is 9.75. The average molecular weight is 469 g/mol. The van der Waals surface area contributed by atoms with Crippen LogP contribution < -0.4 is 5.32 Å². The quantitative estimate of drug-likeness (QED) is 0.650. The number of nitrogens with zero attached hydrogens (tertiary/aromatic N) is 1. The van der Waals surface area contributed by atoms with Crippen LogP contribution in [0.2, 0.25) is 5.02 Å². The molecule has 10 heteroatoms. The number of piperidine rings is 1. The van der Waals surface area contributed by atoms with E-state index in [2.05, 4.69) is 5.32 Å². The SMILES string of the molecule is C[C@H](OC(=O)c1cccc(S(=O)(=O)N2CCCCC2)c1)C(=O)Nc1ccc(F)cc1Cl. The number of halogens is 2. The molecular formula is C21H22ClFN2O5S. The fourth-order valence-corrected chi connectivity index (χ4v) is 4.92. The number of ether oxygens (including phenoxy) is 1. The van der Waals surface area contributed by atoms with E-state index in [1.807, 2.05) is 0 Å². The highest BCUT2D eigenvalue weighted by molar-refractivity contribution is 7.89. The van der Waals surface area contributed by atoms with Gasteiger partial charge in [0.15, 0.2) is 6.10 Å². The molecule has 0 spiro atoms. The molecule has 2 aromatic carbocycles. The molecule has 0 unspecified atom stereocenters. The van der Waals surface area contributed by atoms with Gasteiger partial charge in [-0.15, -0.1) is 0 Å². The van der Waals surface area contributed by atoms with E-state index < -0.39 is 33.8 Å². The summed E-state index contributed by atoms with van der Waals surface area (Å²) in [6.45, 7) is 2.25. The Bertz CT molecular complexity index is 1090. The summed E-state index contributed by atoms with van der Waals surface area (Å²) in [5.41, 5.74) is 0.183. The van der Waals surface area contributed by atoms with E-state index >= 15 is 0 Å². The van der Waals surface area contributed by atoms with Crippen molar-refractivity contribution in [2.45, 2.75) is 37.2 Å². The van der Waals surface area contributed by atoms with Crippen molar-refractivity contribution < 1.29 is 27.1 Å². The number of carbonyl (C=O) groups excluding carboxylic acids is 2. The van der Waals surface area contributed by atoms with Crippen molar-refractivity contribution in [2.24, 2.45) is 0 Å². The van der Waals surface area contributed by atoms with Gasteiger partial charge in [0, 0.05) is 13.1 Å². The third-order valence-corrected chi connectivity index (χ3v) is 7.07. The van der Waals surface area contributed by atoms with E-state index in [1.54, 1.807) is 0 Å². The number of hydrogen-bond donors (Lipinski definition) is 1. The van der Waals surface area contributed by atoms with E-state index in [0.717, 1.165) is 31.4 Å². The molecule has 1 fully saturated rings. The van der Waals surface area contributed by atoms with Crippen molar-refractivity contribution in [1.82, 2.24) is 4.31 Å². The lowest BCUT2D eigenvalue weighted by Gasteiger charge is -2.26. The zero-order valence-electron chi connectivity index (χ0n) is 16.8. The summed E-state index contributed by atoms with van der Waals surface area (Å²) < 4.78 is 45.3. The zero-order chi connectivity index (χ0) is 22.6. The van der Waals surface area contributed by atoms with Gasteiger partial charge in [0.25, 0.3) is 5.91 Å². The molecule has 1 heterocycles. The highest BCUT2D eigenvalue weighted by atomic mass is 35.5. The molecule has 0 bridgehead atoms. The Morgan fingerprint density at radius 1 is 1.13 bits per heavy atom. The predicted octanol–water partition coefficient (Wildman–Crippen LogP) is 3.84. The van der Waals surface area contributed by atoms with Gasteiger partial charge >= 0.3 is 5.97 Å². The smallest absolute Gasteiger partial charge is 0.338 e. The van der Waals surface area contributed by atoms with E-state index in [4.69, 9.17) is 16.3 Å². The fraction of sp³-hybridized carbons (Fsp3) is 0.333. The number of hydrogen-bond acceptors (Lipinski definition) is 5. The van der Waals surface area contributed by atoms with Crippen molar-refractivity contribution in [3.05, 3.63) is 58.9 Å². The Kier molecular flexibility index (Phi) is 7.30. The molecule has 1 aliphatic heterocycles. The molecule has 0 aliphatic carbocycles. The van der Waals surface area contributed by atoms with Crippen molar-refractivity contribution >= 4 is 39.2 Å². The second-order valence-electron chi connectivity index (χ2n) is 7.15. The van der Waals surface area contributed by atoms with Crippen LogP contribution >= 0.6 is 11.6 Å². The number of esters is 1. The minimum atomic E-state index is -3.71. The molecule has 0 aromatic heterocycles. The fourth-order valence-electron chi connectivity index (χ4n) is 3.15. The summed E-state index contributed by atoms with van der Waals surface area (Å²) in [7, 11) is -3.71. The van der Waals surface area contributed by atoms with Gasteiger partial charge in [-0.3, -0.25) is 4.79 Å². The Morgan fingerprint density at radius 2 is 1.84 bits per heavy atom. The second-order valence-corrected chi connectivity index (χ2v) is 9.50. The topological polar surface area (TPSA) is 92.8 Å². The van der Waals surface area contributed by atoms with Gasteiger partial charge in [0.2, 0.25) is 10.0 Å². The molecule has 1 atom stereocenters. The van der Waals surface area contributed by atoms with E-state index in [-0.39, 0.29) is 21.2 Å². The molecule has 1 saturated heterocycles. The third-order valence-electron chi connectivity index (χ3n) is 4.86. The lowest BCUT2D eigenvalue weighted by molar-refractivity contribution is -0.123. The average Bonchev–Trinajstić information content (AvgIpc) is 2.76. The van der Waals surface area contributed by atoms with Crippen molar-refractivity contribution in [3.8, 4) is 0 Å². The van der Waals surface area contributed by atoms with E-state index in [1.165, 1.54) is 41.6 Å². The van der Waals surface area contributed by atoms with E-state index in [9.17, 15) is 22.4 Å².